The third-order valence-corrected chi connectivity index (χ3v) is 5.35. The van der Waals surface area contributed by atoms with Crippen LogP contribution in [0.15, 0.2) is 31.2 Å². The number of nitrogens with one attached hydrogen (secondary N) is 2. The molecule has 29 heavy (non-hydrogen) atoms. The molecule has 1 saturated carbocycles. The van der Waals surface area contributed by atoms with Crippen molar-refractivity contribution in [2.75, 3.05) is 17.3 Å². The minimum absolute atomic E-state index is 0.0570. The molecule has 10 nitrogen and oxygen atoms in total. The lowest BCUT2D eigenvalue weighted by Gasteiger charge is -2.30. The van der Waals surface area contributed by atoms with E-state index in [9.17, 15) is 9.59 Å². The van der Waals surface area contributed by atoms with Crippen LogP contribution in [0, 0.1) is 5.92 Å². The molecule has 10 heteroatoms. The minimum Gasteiger partial charge on any atom is -0.364 e. The van der Waals surface area contributed by atoms with Crippen LogP contribution in [-0.4, -0.2) is 50.7 Å². The number of rotatable bonds is 7. The molecule has 0 radical (unpaired) electrons. The average Bonchev–Trinajstić information content (AvgIpc) is 3.26. The van der Waals surface area contributed by atoms with E-state index < -0.39 is 5.91 Å². The van der Waals surface area contributed by atoms with Gasteiger partial charge in [-0.3, -0.25) is 14.3 Å². The average molecular weight is 398 g/mol. The zero-order valence-electron chi connectivity index (χ0n) is 16.8. The highest BCUT2D eigenvalue weighted by Crippen LogP contribution is 2.32. The molecule has 1 fully saturated rings. The molecular formula is C19H26N8O2. The van der Waals surface area contributed by atoms with Crippen LogP contribution in [-0.2, 0) is 11.8 Å². The maximum Gasteiger partial charge on any atom is 0.271 e. The van der Waals surface area contributed by atoms with Gasteiger partial charge >= 0.3 is 0 Å². The van der Waals surface area contributed by atoms with Crippen LogP contribution in [0.5, 0.6) is 0 Å². The van der Waals surface area contributed by atoms with Gasteiger partial charge in [0.25, 0.3) is 5.91 Å². The van der Waals surface area contributed by atoms with Gasteiger partial charge in [-0.25, -0.2) is 9.97 Å². The van der Waals surface area contributed by atoms with Gasteiger partial charge in [-0.1, -0.05) is 13.5 Å². The highest BCUT2D eigenvalue weighted by atomic mass is 16.2. The van der Waals surface area contributed by atoms with Gasteiger partial charge in [0.2, 0.25) is 5.91 Å². The van der Waals surface area contributed by atoms with Crippen molar-refractivity contribution in [1.82, 2.24) is 25.1 Å². The van der Waals surface area contributed by atoms with Crippen LogP contribution in [0.3, 0.4) is 0 Å². The first-order valence-corrected chi connectivity index (χ1v) is 9.38. The molecule has 3 rings (SSSR count). The molecule has 1 aliphatic rings. The fourth-order valence-corrected chi connectivity index (χ4v) is 3.75. The highest BCUT2D eigenvalue weighted by molar-refractivity contribution is 5.96. The van der Waals surface area contributed by atoms with Crippen molar-refractivity contribution in [2.24, 2.45) is 18.7 Å². The van der Waals surface area contributed by atoms with E-state index >= 15 is 0 Å². The lowest BCUT2D eigenvalue weighted by Crippen LogP contribution is -2.42. The molecule has 0 bridgehead atoms. The number of primary amides is 1. The van der Waals surface area contributed by atoms with Crippen molar-refractivity contribution in [3.63, 3.8) is 0 Å². The quantitative estimate of drug-likeness (QED) is 0.592. The largest absolute Gasteiger partial charge is 0.364 e. The Morgan fingerprint density at radius 3 is 2.76 bits per heavy atom. The van der Waals surface area contributed by atoms with Gasteiger partial charge in [0.15, 0.2) is 11.5 Å². The number of carbonyl (C=O) groups excluding carboxylic acids is 2. The Hall–Kier alpha value is -3.43. The number of amides is 2. The second kappa shape index (κ2) is 8.29. The molecule has 2 aromatic rings. The number of aromatic nitrogens is 4. The fourth-order valence-electron chi connectivity index (χ4n) is 3.75. The second-order valence-electron chi connectivity index (χ2n) is 7.25. The van der Waals surface area contributed by atoms with Crippen molar-refractivity contribution in [3.05, 3.63) is 36.9 Å². The molecule has 3 atom stereocenters. The van der Waals surface area contributed by atoms with Crippen molar-refractivity contribution in [3.8, 4) is 0 Å². The standard InChI is InChI=1S/C19H26N8O2/c1-5-16(28)24-13-6-7-14(11(13)2)27(4)15-9-21-17(18(20)29)19(25-15)23-12-8-22-26(3)10-12/h5,8-11,13-14H,1,6-7H2,2-4H3,(H2,20,29)(H,23,25)(H,24,28)/t11-,13?,14+/m0/s1. The predicted molar refractivity (Wildman–Crippen MR) is 110 cm³/mol. The maximum atomic E-state index is 11.8. The maximum absolute atomic E-state index is 11.8. The van der Waals surface area contributed by atoms with Crippen molar-refractivity contribution < 1.29 is 9.59 Å². The summed E-state index contributed by atoms with van der Waals surface area (Å²) < 4.78 is 1.63. The van der Waals surface area contributed by atoms with E-state index in [0.29, 0.717) is 11.5 Å². The SMILES string of the molecule is C=CC(=O)NC1CC[C@@H](N(C)c2cnc(C(N)=O)c(Nc3cnn(C)c3)n2)[C@H]1C. The Bertz CT molecular complexity index is 925. The van der Waals surface area contributed by atoms with E-state index in [1.165, 1.54) is 12.3 Å². The summed E-state index contributed by atoms with van der Waals surface area (Å²) >= 11 is 0. The van der Waals surface area contributed by atoms with Crippen LogP contribution in [0.1, 0.15) is 30.3 Å². The van der Waals surface area contributed by atoms with Gasteiger partial charge in [-0.15, -0.1) is 0 Å². The highest BCUT2D eigenvalue weighted by Gasteiger charge is 2.36. The molecule has 4 N–H and O–H groups in total. The lowest BCUT2D eigenvalue weighted by molar-refractivity contribution is -0.117. The van der Waals surface area contributed by atoms with Crippen molar-refractivity contribution in [1.29, 1.82) is 0 Å². The van der Waals surface area contributed by atoms with Gasteiger partial charge in [0.05, 0.1) is 18.1 Å². The number of nitrogens with two attached hydrogens (primary N) is 1. The zero-order chi connectivity index (χ0) is 21.1. The summed E-state index contributed by atoms with van der Waals surface area (Å²) in [6, 6.07) is 0.226. The summed E-state index contributed by atoms with van der Waals surface area (Å²) in [4.78, 5) is 34.3. The topological polar surface area (TPSA) is 131 Å². The van der Waals surface area contributed by atoms with Gasteiger partial charge < -0.3 is 21.3 Å². The summed E-state index contributed by atoms with van der Waals surface area (Å²) in [5.74, 6) is 0.250. The van der Waals surface area contributed by atoms with Crippen LogP contribution in [0.25, 0.3) is 0 Å². The van der Waals surface area contributed by atoms with Gasteiger partial charge in [0, 0.05) is 32.4 Å². The zero-order valence-corrected chi connectivity index (χ0v) is 16.8. The molecule has 0 aromatic carbocycles. The molecule has 154 valence electrons. The minimum atomic E-state index is -0.667. The molecule has 1 aliphatic carbocycles. The molecule has 1 unspecified atom stereocenters. The molecule has 2 amide bonds. The normalized spacial score (nSPS) is 20.9. The number of carbonyl (C=O) groups is 2. The van der Waals surface area contributed by atoms with Crippen molar-refractivity contribution in [2.45, 2.75) is 31.8 Å². The number of hydrogen-bond acceptors (Lipinski definition) is 7. The van der Waals surface area contributed by atoms with E-state index in [1.807, 2.05) is 11.9 Å². The number of aryl methyl sites for hydroxylation is 1. The van der Waals surface area contributed by atoms with E-state index in [1.54, 1.807) is 24.1 Å². The van der Waals surface area contributed by atoms with Gasteiger partial charge in [-0.05, 0) is 24.8 Å². The fraction of sp³-hybridized carbons (Fsp3) is 0.421. The second-order valence-corrected chi connectivity index (χ2v) is 7.25. The number of hydrogen-bond donors (Lipinski definition) is 3. The Morgan fingerprint density at radius 2 is 2.14 bits per heavy atom. The van der Waals surface area contributed by atoms with Gasteiger partial charge in [-0.2, -0.15) is 5.10 Å². The predicted octanol–water partition coefficient (Wildman–Crippen LogP) is 0.958. The molecule has 0 saturated heterocycles. The summed E-state index contributed by atoms with van der Waals surface area (Å²) in [5.41, 5.74) is 6.19. The summed E-state index contributed by atoms with van der Waals surface area (Å²) in [6.07, 6.45) is 7.96. The first-order valence-electron chi connectivity index (χ1n) is 9.38. The molecular weight excluding hydrogens is 372 g/mol. The van der Waals surface area contributed by atoms with Crippen LogP contribution in [0.4, 0.5) is 17.3 Å². The summed E-state index contributed by atoms with van der Waals surface area (Å²) in [7, 11) is 3.72. The Balaban J connectivity index is 1.82. The molecule has 0 aliphatic heterocycles. The Kier molecular flexibility index (Phi) is 5.81. The number of nitrogens with zero attached hydrogens (tertiary/aromatic N) is 5. The van der Waals surface area contributed by atoms with Crippen LogP contribution >= 0.6 is 0 Å². The molecule has 2 aromatic heterocycles. The summed E-state index contributed by atoms with van der Waals surface area (Å²) in [5, 5.41) is 10.1. The van der Waals surface area contributed by atoms with Crippen LogP contribution in [0.2, 0.25) is 0 Å². The van der Waals surface area contributed by atoms with Gasteiger partial charge in [0.1, 0.15) is 5.82 Å². The third-order valence-electron chi connectivity index (χ3n) is 5.35. The van der Waals surface area contributed by atoms with E-state index in [-0.39, 0.29) is 35.4 Å². The Labute approximate surface area is 169 Å². The Morgan fingerprint density at radius 1 is 1.38 bits per heavy atom. The molecule has 2 heterocycles. The van der Waals surface area contributed by atoms with Crippen molar-refractivity contribution >= 4 is 29.1 Å². The van der Waals surface area contributed by atoms with E-state index in [4.69, 9.17) is 5.73 Å². The molecule has 0 spiro atoms. The first kappa shape index (κ1) is 20.3. The van der Waals surface area contributed by atoms with Crippen LogP contribution < -0.4 is 21.3 Å². The first-order chi connectivity index (χ1) is 13.8. The smallest absolute Gasteiger partial charge is 0.271 e. The van der Waals surface area contributed by atoms with E-state index in [2.05, 4.69) is 39.2 Å². The lowest BCUT2D eigenvalue weighted by atomic mass is 10.0. The van der Waals surface area contributed by atoms with E-state index in [0.717, 1.165) is 12.8 Å². The monoisotopic (exact) mass is 398 g/mol. The number of anilines is 3. The summed E-state index contributed by atoms with van der Waals surface area (Å²) in [6.45, 7) is 5.61. The third kappa shape index (κ3) is 4.36.